The van der Waals surface area contributed by atoms with Crippen LogP contribution in [0.15, 0.2) is 12.2 Å². The van der Waals surface area contributed by atoms with E-state index in [1.807, 2.05) is 0 Å². The van der Waals surface area contributed by atoms with Crippen LogP contribution in [0.4, 0.5) is 13.2 Å². The molecule has 0 bridgehead atoms. The van der Waals surface area contributed by atoms with Crippen molar-refractivity contribution in [1.29, 1.82) is 0 Å². The minimum absolute atomic E-state index is 0.0957. The first-order valence-corrected chi connectivity index (χ1v) is 5.30. The second kappa shape index (κ2) is 4.89. The fraction of sp³-hybridized carbons (Fsp3) is 0.727. The zero-order valence-electron chi connectivity index (χ0n) is 9.14. The molecule has 1 rings (SSSR count). The van der Waals surface area contributed by atoms with Gasteiger partial charge < -0.3 is 4.74 Å². The molecule has 2 nitrogen and oxygen atoms in total. The molecule has 5 heteroatoms. The summed E-state index contributed by atoms with van der Waals surface area (Å²) in [6.45, 7) is 1.77. The zero-order valence-corrected chi connectivity index (χ0v) is 9.14. The van der Waals surface area contributed by atoms with Gasteiger partial charge in [-0.05, 0) is 32.6 Å². The van der Waals surface area contributed by atoms with Crippen molar-refractivity contribution in [3.8, 4) is 0 Å². The summed E-state index contributed by atoms with van der Waals surface area (Å²) in [5.41, 5.74) is -0.592. The van der Waals surface area contributed by atoms with Crippen molar-refractivity contribution < 1.29 is 22.7 Å². The summed E-state index contributed by atoms with van der Waals surface area (Å²) in [5, 5.41) is 0. The fourth-order valence-electron chi connectivity index (χ4n) is 1.84. The van der Waals surface area contributed by atoms with Crippen LogP contribution in [0.5, 0.6) is 0 Å². The molecule has 0 aromatic heterocycles. The molecule has 1 fully saturated rings. The molecule has 0 spiro atoms. The standard InChI is InChI=1S/C11H15F3O2/c1-10(6-3-2-4-7-10)16-9(15)5-8-11(12,13)14/h5,8H,2-4,6-7H2,1H3. The Kier molecular flexibility index (Phi) is 3.99. The summed E-state index contributed by atoms with van der Waals surface area (Å²) in [7, 11) is 0. The SMILES string of the molecule is CC1(OC(=O)C=CC(F)(F)F)CCCCC1. The van der Waals surface area contributed by atoms with Gasteiger partial charge in [-0.1, -0.05) is 6.42 Å². The highest BCUT2D eigenvalue weighted by atomic mass is 19.4. The van der Waals surface area contributed by atoms with E-state index in [0.29, 0.717) is 6.08 Å². The summed E-state index contributed by atoms with van der Waals surface area (Å²) >= 11 is 0. The van der Waals surface area contributed by atoms with Crippen molar-refractivity contribution in [3.05, 3.63) is 12.2 Å². The summed E-state index contributed by atoms with van der Waals surface area (Å²) < 4.78 is 40.4. The van der Waals surface area contributed by atoms with Crippen LogP contribution >= 0.6 is 0 Å². The van der Waals surface area contributed by atoms with Crippen molar-refractivity contribution in [2.45, 2.75) is 50.8 Å². The van der Waals surface area contributed by atoms with Crippen LogP contribution in [0.2, 0.25) is 0 Å². The lowest BCUT2D eigenvalue weighted by Crippen LogP contribution is -2.33. The molecule has 1 aliphatic carbocycles. The molecule has 0 N–H and O–H groups in total. The topological polar surface area (TPSA) is 26.3 Å². The van der Waals surface area contributed by atoms with Crippen LogP contribution in [0.3, 0.4) is 0 Å². The van der Waals surface area contributed by atoms with Gasteiger partial charge in [-0.2, -0.15) is 13.2 Å². The van der Waals surface area contributed by atoms with E-state index in [0.717, 1.165) is 32.1 Å². The molecule has 0 aromatic carbocycles. The van der Waals surface area contributed by atoms with E-state index in [2.05, 4.69) is 0 Å². The maximum Gasteiger partial charge on any atom is 0.410 e. The van der Waals surface area contributed by atoms with Gasteiger partial charge in [0.05, 0.1) is 0 Å². The van der Waals surface area contributed by atoms with Crippen molar-refractivity contribution >= 4 is 5.97 Å². The molecule has 0 heterocycles. The molecule has 1 saturated carbocycles. The summed E-state index contributed by atoms with van der Waals surface area (Å²) in [5.74, 6) is -0.915. The highest BCUT2D eigenvalue weighted by Gasteiger charge is 2.30. The lowest BCUT2D eigenvalue weighted by Gasteiger charge is -2.32. The average molecular weight is 236 g/mol. The highest BCUT2D eigenvalue weighted by molar-refractivity contribution is 5.82. The number of carbonyl (C=O) groups is 1. The van der Waals surface area contributed by atoms with Gasteiger partial charge in [0.2, 0.25) is 0 Å². The van der Waals surface area contributed by atoms with Crippen LogP contribution in [0.1, 0.15) is 39.0 Å². The Morgan fingerprint density at radius 2 is 1.81 bits per heavy atom. The van der Waals surface area contributed by atoms with Gasteiger partial charge in [0.15, 0.2) is 0 Å². The molecule has 92 valence electrons. The summed E-state index contributed by atoms with van der Waals surface area (Å²) in [4.78, 5) is 11.2. The van der Waals surface area contributed by atoms with Crippen LogP contribution in [0, 0.1) is 0 Å². The van der Waals surface area contributed by atoms with Crippen LogP contribution in [-0.4, -0.2) is 17.7 Å². The van der Waals surface area contributed by atoms with Crippen molar-refractivity contribution in [3.63, 3.8) is 0 Å². The Labute approximate surface area is 92.5 Å². The van der Waals surface area contributed by atoms with E-state index < -0.39 is 17.7 Å². The predicted octanol–water partition coefficient (Wildman–Crippen LogP) is 3.37. The van der Waals surface area contributed by atoms with Gasteiger partial charge in [-0.25, -0.2) is 4.79 Å². The molecule has 1 aliphatic rings. The second-order valence-electron chi connectivity index (χ2n) is 4.31. The quantitative estimate of drug-likeness (QED) is 0.542. The third-order valence-corrected chi connectivity index (χ3v) is 2.67. The van der Waals surface area contributed by atoms with E-state index in [1.165, 1.54) is 0 Å². The van der Waals surface area contributed by atoms with Gasteiger partial charge in [-0.3, -0.25) is 0 Å². The molecular weight excluding hydrogens is 221 g/mol. The van der Waals surface area contributed by atoms with E-state index in [-0.39, 0.29) is 6.08 Å². The monoisotopic (exact) mass is 236 g/mol. The van der Waals surface area contributed by atoms with Crippen molar-refractivity contribution in [2.75, 3.05) is 0 Å². The maximum atomic E-state index is 11.8. The number of halogens is 3. The number of esters is 1. The minimum Gasteiger partial charge on any atom is -0.456 e. The maximum absolute atomic E-state index is 11.8. The summed E-state index contributed by atoms with van der Waals surface area (Å²) in [6, 6.07) is 0. The van der Waals surface area contributed by atoms with Crippen LogP contribution < -0.4 is 0 Å². The van der Waals surface area contributed by atoms with Gasteiger partial charge in [0.25, 0.3) is 0 Å². The normalized spacial score (nSPS) is 21.0. The Morgan fingerprint density at radius 1 is 1.25 bits per heavy atom. The van der Waals surface area contributed by atoms with Crippen molar-refractivity contribution in [1.82, 2.24) is 0 Å². The Morgan fingerprint density at radius 3 is 2.31 bits per heavy atom. The largest absolute Gasteiger partial charge is 0.456 e. The first-order chi connectivity index (χ1) is 7.31. The molecule has 0 amide bonds. The van der Waals surface area contributed by atoms with Crippen LogP contribution in [-0.2, 0) is 9.53 Å². The number of hydrogen-bond acceptors (Lipinski definition) is 2. The number of hydrogen-bond donors (Lipinski definition) is 0. The number of ether oxygens (including phenoxy) is 1. The molecule has 0 unspecified atom stereocenters. The van der Waals surface area contributed by atoms with Gasteiger partial charge in [0.1, 0.15) is 5.60 Å². The molecule has 16 heavy (non-hydrogen) atoms. The molecule has 0 aliphatic heterocycles. The van der Waals surface area contributed by atoms with Crippen molar-refractivity contribution in [2.24, 2.45) is 0 Å². The first kappa shape index (κ1) is 13.1. The lowest BCUT2D eigenvalue weighted by molar-refractivity contribution is -0.155. The highest BCUT2D eigenvalue weighted by Crippen LogP contribution is 2.31. The van der Waals surface area contributed by atoms with E-state index >= 15 is 0 Å². The zero-order chi connectivity index (χ0) is 12.2. The van der Waals surface area contributed by atoms with Crippen LogP contribution in [0.25, 0.3) is 0 Å². The average Bonchev–Trinajstić information content (AvgIpc) is 2.14. The Bertz CT molecular complexity index is 275. The molecule has 0 atom stereocenters. The fourth-order valence-corrected chi connectivity index (χ4v) is 1.84. The van der Waals surface area contributed by atoms with Gasteiger partial charge in [0, 0.05) is 12.2 Å². The molecule has 0 radical (unpaired) electrons. The lowest BCUT2D eigenvalue weighted by atomic mass is 9.86. The number of alkyl halides is 3. The minimum atomic E-state index is -4.47. The molecule has 0 saturated heterocycles. The Hall–Kier alpha value is -1.00. The smallest absolute Gasteiger partial charge is 0.410 e. The third-order valence-electron chi connectivity index (χ3n) is 2.67. The molecular formula is C11H15F3O2. The summed E-state index contributed by atoms with van der Waals surface area (Å²) in [6.07, 6.45) is 0.316. The van der Waals surface area contributed by atoms with E-state index in [1.54, 1.807) is 6.92 Å². The Balaban J connectivity index is 2.47. The third kappa shape index (κ3) is 4.68. The van der Waals surface area contributed by atoms with E-state index in [4.69, 9.17) is 4.74 Å². The molecule has 0 aromatic rings. The first-order valence-electron chi connectivity index (χ1n) is 5.30. The van der Waals surface area contributed by atoms with E-state index in [9.17, 15) is 18.0 Å². The predicted molar refractivity (Wildman–Crippen MR) is 52.8 cm³/mol. The number of carbonyl (C=O) groups excluding carboxylic acids is 1. The second-order valence-corrected chi connectivity index (χ2v) is 4.31. The number of allylic oxidation sites excluding steroid dienone is 1. The van der Waals surface area contributed by atoms with Gasteiger partial charge in [-0.15, -0.1) is 0 Å². The number of rotatable bonds is 2. The van der Waals surface area contributed by atoms with Gasteiger partial charge >= 0.3 is 12.1 Å².